The van der Waals surface area contributed by atoms with Gasteiger partial charge in [0.25, 0.3) is 0 Å². The molecular weight excluding hydrogens is 322 g/mol. The van der Waals surface area contributed by atoms with Gasteiger partial charge in [-0.2, -0.15) is 0 Å². The average Bonchev–Trinajstić information content (AvgIpc) is 2.63. The molecule has 1 aliphatic rings. The van der Waals surface area contributed by atoms with Crippen molar-refractivity contribution < 1.29 is 19.0 Å². The molecule has 2 amide bonds. The molecule has 1 aromatic heterocycles. The fraction of sp³-hybridized carbons (Fsp3) is 0.333. The van der Waals surface area contributed by atoms with E-state index in [1.165, 1.54) is 0 Å². The van der Waals surface area contributed by atoms with Gasteiger partial charge in [-0.05, 0) is 18.2 Å². The molecular formula is C18H21N3O4. The second-order valence-corrected chi connectivity index (χ2v) is 5.61. The van der Waals surface area contributed by atoms with Crippen molar-refractivity contribution in [3.63, 3.8) is 0 Å². The molecule has 1 aromatic carbocycles. The van der Waals surface area contributed by atoms with E-state index in [1.54, 1.807) is 30.3 Å². The minimum atomic E-state index is -0.192. The molecule has 2 heterocycles. The molecule has 132 valence electrons. The van der Waals surface area contributed by atoms with Crippen LogP contribution < -0.4 is 10.1 Å². The summed E-state index contributed by atoms with van der Waals surface area (Å²) >= 11 is 0. The van der Waals surface area contributed by atoms with Crippen molar-refractivity contribution in [1.29, 1.82) is 0 Å². The molecule has 1 fully saturated rings. The van der Waals surface area contributed by atoms with Crippen LogP contribution in [0.15, 0.2) is 48.7 Å². The molecule has 0 spiro atoms. The molecule has 3 rings (SSSR count). The fourth-order valence-corrected chi connectivity index (χ4v) is 2.60. The minimum Gasteiger partial charge on any atom is -0.439 e. The summed E-state index contributed by atoms with van der Waals surface area (Å²) in [5, 5.41) is 2.88. The van der Waals surface area contributed by atoms with E-state index < -0.39 is 0 Å². The smallest absolute Gasteiger partial charge is 0.322 e. The SMILES string of the molecule is COCC1COCCN1C(=O)Nc1ccnc(Oc2ccccc2)c1. The number of methoxy groups -OCH3 is 1. The van der Waals surface area contributed by atoms with E-state index in [0.29, 0.717) is 43.7 Å². The third-order valence-electron chi connectivity index (χ3n) is 3.80. The Balaban J connectivity index is 1.65. The Labute approximate surface area is 146 Å². The van der Waals surface area contributed by atoms with E-state index in [0.717, 1.165) is 0 Å². The number of urea groups is 1. The van der Waals surface area contributed by atoms with Crippen LogP contribution in [-0.2, 0) is 9.47 Å². The molecule has 1 unspecified atom stereocenters. The van der Waals surface area contributed by atoms with Gasteiger partial charge < -0.3 is 24.4 Å². The number of morpholine rings is 1. The van der Waals surface area contributed by atoms with Crippen molar-refractivity contribution in [3.8, 4) is 11.6 Å². The minimum absolute atomic E-state index is 0.0966. The summed E-state index contributed by atoms with van der Waals surface area (Å²) in [5.74, 6) is 1.10. The van der Waals surface area contributed by atoms with E-state index in [2.05, 4.69) is 10.3 Å². The van der Waals surface area contributed by atoms with Crippen LogP contribution in [0.2, 0.25) is 0 Å². The van der Waals surface area contributed by atoms with Gasteiger partial charge in [0.2, 0.25) is 5.88 Å². The molecule has 25 heavy (non-hydrogen) atoms. The third kappa shape index (κ3) is 4.68. The highest BCUT2D eigenvalue weighted by Crippen LogP contribution is 2.22. The molecule has 0 bridgehead atoms. The maximum Gasteiger partial charge on any atom is 0.322 e. The van der Waals surface area contributed by atoms with Crippen LogP contribution in [0.5, 0.6) is 11.6 Å². The number of benzene rings is 1. The predicted octanol–water partition coefficient (Wildman–Crippen LogP) is 2.75. The first kappa shape index (κ1) is 17.2. The number of nitrogens with one attached hydrogen (secondary N) is 1. The molecule has 1 saturated heterocycles. The maximum absolute atomic E-state index is 12.6. The fourth-order valence-electron chi connectivity index (χ4n) is 2.60. The van der Waals surface area contributed by atoms with Crippen molar-refractivity contribution in [3.05, 3.63) is 48.7 Å². The zero-order valence-corrected chi connectivity index (χ0v) is 14.1. The number of para-hydroxylation sites is 1. The Bertz CT molecular complexity index is 694. The number of rotatable bonds is 5. The number of aromatic nitrogens is 1. The first-order chi connectivity index (χ1) is 12.3. The highest BCUT2D eigenvalue weighted by molar-refractivity contribution is 5.89. The Kier molecular flexibility index (Phi) is 5.81. The number of anilines is 1. The summed E-state index contributed by atoms with van der Waals surface area (Å²) in [7, 11) is 1.61. The Morgan fingerprint density at radius 2 is 2.20 bits per heavy atom. The van der Waals surface area contributed by atoms with Crippen LogP contribution in [0, 0.1) is 0 Å². The Hall–Kier alpha value is -2.64. The molecule has 0 saturated carbocycles. The maximum atomic E-state index is 12.6. The monoisotopic (exact) mass is 343 g/mol. The van der Waals surface area contributed by atoms with Gasteiger partial charge in [-0.1, -0.05) is 18.2 Å². The molecule has 0 radical (unpaired) electrons. The second-order valence-electron chi connectivity index (χ2n) is 5.61. The summed E-state index contributed by atoms with van der Waals surface area (Å²) < 4.78 is 16.3. The molecule has 7 nitrogen and oxygen atoms in total. The van der Waals surface area contributed by atoms with Gasteiger partial charge in [-0.3, -0.25) is 0 Å². The lowest BCUT2D eigenvalue weighted by atomic mass is 10.2. The third-order valence-corrected chi connectivity index (χ3v) is 3.80. The Morgan fingerprint density at radius 3 is 3.00 bits per heavy atom. The first-order valence-corrected chi connectivity index (χ1v) is 8.09. The van der Waals surface area contributed by atoms with Gasteiger partial charge in [-0.25, -0.2) is 9.78 Å². The number of hydrogen-bond donors (Lipinski definition) is 1. The molecule has 1 aliphatic heterocycles. The van der Waals surface area contributed by atoms with Crippen LogP contribution in [0.1, 0.15) is 0 Å². The highest BCUT2D eigenvalue weighted by Gasteiger charge is 2.27. The lowest BCUT2D eigenvalue weighted by molar-refractivity contribution is -0.0133. The van der Waals surface area contributed by atoms with Crippen LogP contribution in [0.25, 0.3) is 0 Å². The van der Waals surface area contributed by atoms with Crippen LogP contribution in [0.3, 0.4) is 0 Å². The van der Waals surface area contributed by atoms with E-state index in [-0.39, 0.29) is 12.1 Å². The predicted molar refractivity (Wildman–Crippen MR) is 93.0 cm³/mol. The molecule has 1 atom stereocenters. The number of pyridine rings is 1. The van der Waals surface area contributed by atoms with Crippen molar-refractivity contribution in [2.75, 3.05) is 38.8 Å². The molecule has 0 aliphatic carbocycles. The normalized spacial score (nSPS) is 17.2. The van der Waals surface area contributed by atoms with Gasteiger partial charge in [0.15, 0.2) is 0 Å². The highest BCUT2D eigenvalue weighted by atomic mass is 16.5. The number of carbonyl (C=O) groups excluding carboxylic acids is 1. The zero-order valence-electron chi connectivity index (χ0n) is 14.1. The van der Waals surface area contributed by atoms with Crippen molar-refractivity contribution >= 4 is 11.7 Å². The number of hydrogen-bond acceptors (Lipinski definition) is 5. The largest absolute Gasteiger partial charge is 0.439 e. The number of carbonyl (C=O) groups is 1. The summed E-state index contributed by atoms with van der Waals surface area (Å²) in [4.78, 5) is 18.5. The average molecular weight is 343 g/mol. The summed E-state index contributed by atoms with van der Waals surface area (Å²) in [6.45, 7) is 1.96. The molecule has 2 aromatic rings. The number of amides is 2. The summed E-state index contributed by atoms with van der Waals surface area (Å²) in [5.41, 5.74) is 0.619. The number of ether oxygens (including phenoxy) is 3. The number of nitrogens with zero attached hydrogens (tertiary/aromatic N) is 2. The zero-order chi connectivity index (χ0) is 17.5. The molecule has 1 N–H and O–H groups in total. The van der Waals surface area contributed by atoms with Gasteiger partial charge in [-0.15, -0.1) is 0 Å². The second kappa shape index (κ2) is 8.46. The van der Waals surface area contributed by atoms with Crippen molar-refractivity contribution in [1.82, 2.24) is 9.88 Å². The van der Waals surface area contributed by atoms with E-state index in [9.17, 15) is 4.79 Å². The van der Waals surface area contributed by atoms with E-state index >= 15 is 0 Å². The summed E-state index contributed by atoms with van der Waals surface area (Å²) in [6, 6.07) is 12.5. The standard InChI is InChI=1S/C18H21N3O4/c1-23-12-15-13-24-10-9-21(15)18(22)20-14-7-8-19-17(11-14)25-16-5-3-2-4-6-16/h2-8,11,15H,9-10,12-13H2,1H3,(H,19,20,22). The quantitative estimate of drug-likeness (QED) is 0.904. The van der Waals surface area contributed by atoms with E-state index in [1.807, 2.05) is 30.3 Å². The van der Waals surface area contributed by atoms with Gasteiger partial charge >= 0.3 is 6.03 Å². The topological polar surface area (TPSA) is 72.9 Å². The van der Waals surface area contributed by atoms with Gasteiger partial charge in [0, 0.05) is 31.6 Å². The van der Waals surface area contributed by atoms with Crippen LogP contribution >= 0.6 is 0 Å². The molecule has 7 heteroatoms. The van der Waals surface area contributed by atoms with Gasteiger partial charge in [0.1, 0.15) is 5.75 Å². The lowest BCUT2D eigenvalue weighted by Gasteiger charge is -2.35. The summed E-state index contributed by atoms with van der Waals surface area (Å²) in [6.07, 6.45) is 1.60. The van der Waals surface area contributed by atoms with E-state index in [4.69, 9.17) is 14.2 Å². The van der Waals surface area contributed by atoms with Crippen LogP contribution in [-0.4, -0.2) is 55.4 Å². The van der Waals surface area contributed by atoms with Crippen molar-refractivity contribution in [2.45, 2.75) is 6.04 Å². The van der Waals surface area contributed by atoms with Crippen molar-refractivity contribution in [2.24, 2.45) is 0 Å². The first-order valence-electron chi connectivity index (χ1n) is 8.09. The Morgan fingerprint density at radius 1 is 1.36 bits per heavy atom. The van der Waals surface area contributed by atoms with Gasteiger partial charge in [0.05, 0.1) is 25.9 Å². The van der Waals surface area contributed by atoms with Crippen LogP contribution in [0.4, 0.5) is 10.5 Å². The lowest BCUT2D eigenvalue weighted by Crippen LogP contribution is -2.52.